The first-order valence-electron chi connectivity index (χ1n) is 6.45. The molecule has 0 heterocycles. The van der Waals surface area contributed by atoms with Crippen molar-refractivity contribution in [3.63, 3.8) is 0 Å². The highest BCUT2D eigenvalue weighted by atomic mass is 16.6. The van der Waals surface area contributed by atoms with Crippen molar-refractivity contribution < 1.29 is 14.9 Å². The van der Waals surface area contributed by atoms with Gasteiger partial charge in [0, 0.05) is 12.5 Å². The molecule has 0 fully saturated rings. The van der Waals surface area contributed by atoms with Crippen LogP contribution in [0.25, 0.3) is 0 Å². The number of unbranched alkanes of at least 4 members (excludes halogenated alkanes) is 1. The van der Waals surface area contributed by atoms with E-state index in [1.54, 1.807) is 6.07 Å². The molecule has 20 heavy (non-hydrogen) atoms. The lowest BCUT2D eigenvalue weighted by molar-refractivity contribution is -0.385. The van der Waals surface area contributed by atoms with Gasteiger partial charge in [-0.15, -0.1) is 0 Å². The van der Waals surface area contributed by atoms with Crippen LogP contribution in [0.5, 0.6) is 5.75 Å². The minimum atomic E-state index is -0.440. The van der Waals surface area contributed by atoms with E-state index in [2.05, 4.69) is 5.16 Å². The van der Waals surface area contributed by atoms with E-state index >= 15 is 0 Å². The van der Waals surface area contributed by atoms with E-state index < -0.39 is 4.92 Å². The number of nitrogens with zero attached hydrogens (tertiary/aromatic N) is 2. The lowest BCUT2D eigenvalue weighted by Crippen LogP contribution is -2.11. The van der Waals surface area contributed by atoms with Crippen LogP contribution in [0.1, 0.15) is 31.7 Å². The van der Waals surface area contributed by atoms with Crippen molar-refractivity contribution in [1.82, 2.24) is 0 Å². The number of nitrogens with two attached hydrogens (primary N) is 1. The molecule has 0 aliphatic heterocycles. The van der Waals surface area contributed by atoms with Crippen LogP contribution < -0.4 is 10.5 Å². The molecule has 3 N–H and O–H groups in total. The Morgan fingerprint density at radius 2 is 2.25 bits per heavy atom. The summed E-state index contributed by atoms with van der Waals surface area (Å²) < 4.78 is 5.43. The van der Waals surface area contributed by atoms with Gasteiger partial charge in [0.2, 0.25) is 0 Å². The lowest BCUT2D eigenvalue weighted by atomic mass is 10.1. The third-order valence-corrected chi connectivity index (χ3v) is 2.84. The largest absolute Gasteiger partial charge is 0.487 e. The topological polar surface area (TPSA) is 111 Å². The van der Waals surface area contributed by atoms with E-state index in [-0.39, 0.29) is 17.3 Å². The molecule has 0 aliphatic carbocycles. The van der Waals surface area contributed by atoms with Gasteiger partial charge in [-0.2, -0.15) is 0 Å². The molecule has 0 amide bonds. The summed E-state index contributed by atoms with van der Waals surface area (Å²) in [6, 6.07) is 4.98. The molecule has 1 aromatic carbocycles. The number of aryl methyl sites for hydroxylation is 1. The fraction of sp³-hybridized carbons (Fsp3) is 0.462. The van der Waals surface area contributed by atoms with Crippen molar-refractivity contribution >= 4 is 11.5 Å². The number of amidine groups is 1. The van der Waals surface area contributed by atoms with Gasteiger partial charge in [-0.3, -0.25) is 10.1 Å². The molecule has 0 aliphatic rings. The molecule has 0 aromatic heterocycles. The summed E-state index contributed by atoms with van der Waals surface area (Å²) in [6.07, 6.45) is 2.57. The van der Waals surface area contributed by atoms with Gasteiger partial charge < -0.3 is 15.7 Å². The smallest absolute Gasteiger partial charge is 0.311 e. The highest BCUT2D eigenvalue weighted by Gasteiger charge is 2.15. The van der Waals surface area contributed by atoms with Gasteiger partial charge in [0.1, 0.15) is 5.84 Å². The normalized spacial score (nSPS) is 11.3. The quantitative estimate of drug-likeness (QED) is 0.190. The molecule has 0 saturated heterocycles. The Kier molecular flexibility index (Phi) is 6.28. The Balaban J connectivity index is 2.53. The Morgan fingerprint density at radius 3 is 2.85 bits per heavy atom. The van der Waals surface area contributed by atoms with Gasteiger partial charge in [-0.1, -0.05) is 18.1 Å². The first-order valence-corrected chi connectivity index (χ1v) is 6.45. The molecule has 1 aromatic rings. The first kappa shape index (κ1) is 15.7. The molecule has 7 heteroatoms. The van der Waals surface area contributed by atoms with Crippen LogP contribution in [-0.2, 0) is 6.42 Å². The highest BCUT2D eigenvalue weighted by Crippen LogP contribution is 2.28. The summed E-state index contributed by atoms with van der Waals surface area (Å²) in [5.74, 6) is 0.444. The summed E-state index contributed by atoms with van der Waals surface area (Å²) >= 11 is 0. The fourth-order valence-electron chi connectivity index (χ4n) is 1.69. The molecule has 0 saturated carbocycles. The van der Waals surface area contributed by atoms with E-state index in [1.165, 1.54) is 6.07 Å². The third kappa shape index (κ3) is 4.75. The molecule has 0 bridgehead atoms. The molecule has 1 rings (SSSR count). The molecule has 0 spiro atoms. The maximum Gasteiger partial charge on any atom is 0.311 e. The van der Waals surface area contributed by atoms with Crippen molar-refractivity contribution in [2.24, 2.45) is 10.9 Å². The number of hydrogen-bond acceptors (Lipinski definition) is 5. The van der Waals surface area contributed by atoms with Crippen molar-refractivity contribution in [3.05, 3.63) is 33.9 Å². The van der Waals surface area contributed by atoms with Gasteiger partial charge in [0.15, 0.2) is 5.75 Å². The van der Waals surface area contributed by atoms with Crippen molar-refractivity contribution in [2.75, 3.05) is 6.61 Å². The highest BCUT2D eigenvalue weighted by molar-refractivity contribution is 5.79. The van der Waals surface area contributed by atoms with Gasteiger partial charge in [0.25, 0.3) is 0 Å². The number of nitro groups is 1. The van der Waals surface area contributed by atoms with Crippen LogP contribution in [-0.4, -0.2) is 22.6 Å². The molecule has 0 atom stereocenters. The fourth-order valence-corrected chi connectivity index (χ4v) is 1.69. The number of hydrogen-bond donors (Lipinski definition) is 2. The number of nitro benzene ring substituents is 1. The maximum atomic E-state index is 11.0. The summed E-state index contributed by atoms with van der Waals surface area (Å²) in [5.41, 5.74) is 6.22. The van der Waals surface area contributed by atoms with Crippen LogP contribution in [0.15, 0.2) is 23.4 Å². The Morgan fingerprint density at radius 1 is 1.50 bits per heavy atom. The molecular weight excluding hydrogens is 262 g/mol. The zero-order chi connectivity index (χ0) is 15.0. The molecular formula is C13H19N3O4. The van der Waals surface area contributed by atoms with E-state index in [0.717, 1.165) is 12.0 Å². The predicted octanol–water partition coefficient (Wildman–Crippen LogP) is 2.45. The van der Waals surface area contributed by atoms with Gasteiger partial charge in [-0.25, -0.2) is 0 Å². The Hall–Kier alpha value is -2.31. The maximum absolute atomic E-state index is 11.0. The minimum Gasteiger partial charge on any atom is -0.487 e. The van der Waals surface area contributed by atoms with E-state index in [1.807, 2.05) is 13.0 Å². The van der Waals surface area contributed by atoms with Crippen LogP contribution >= 0.6 is 0 Å². The second kappa shape index (κ2) is 7.98. The lowest BCUT2D eigenvalue weighted by Gasteiger charge is -2.07. The van der Waals surface area contributed by atoms with E-state index in [0.29, 0.717) is 25.9 Å². The number of oxime groups is 1. The predicted molar refractivity (Wildman–Crippen MR) is 75.2 cm³/mol. The van der Waals surface area contributed by atoms with Crippen LogP contribution in [0.3, 0.4) is 0 Å². The number of benzene rings is 1. The summed E-state index contributed by atoms with van der Waals surface area (Å²) in [5, 5.41) is 22.2. The van der Waals surface area contributed by atoms with Crippen LogP contribution in [0, 0.1) is 10.1 Å². The van der Waals surface area contributed by atoms with Gasteiger partial charge >= 0.3 is 5.69 Å². The average molecular weight is 281 g/mol. The summed E-state index contributed by atoms with van der Waals surface area (Å²) in [7, 11) is 0. The van der Waals surface area contributed by atoms with Crippen molar-refractivity contribution in [1.29, 1.82) is 0 Å². The third-order valence-electron chi connectivity index (χ3n) is 2.84. The Bertz CT molecular complexity index is 489. The Labute approximate surface area is 117 Å². The minimum absolute atomic E-state index is 0.0132. The monoisotopic (exact) mass is 281 g/mol. The van der Waals surface area contributed by atoms with Crippen LogP contribution in [0.4, 0.5) is 5.69 Å². The van der Waals surface area contributed by atoms with Crippen LogP contribution in [0.2, 0.25) is 0 Å². The van der Waals surface area contributed by atoms with Crippen molar-refractivity contribution in [3.8, 4) is 5.75 Å². The molecule has 0 unspecified atom stereocenters. The summed E-state index contributed by atoms with van der Waals surface area (Å²) in [6.45, 7) is 2.29. The zero-order valence-electron chi connectivity index (χ0n) is 11.4. The van der Waals surface area contributed by atoms with E-state index in [4.69, 9.17) is 15.7 Å². The van der Waals surface area contributed by atoms with Crippen molar-refractivity contribution in [2.45, 2.75) is 32.6 Å². The number of rotatable bonds is 8. The average Bonchev–Trinajstić information content (AvgIpc) is 2.46. The molecule has 7 nitrogen and oxygen atoms in total. The second-order valence-corrected chi connectivity index (χ2v) is 4.31. The zero-order valence-corrected chi connectivity index (χ0v) is 11.4. The standard InChI is InChI=1S/C13H19N3O4/c1-2-10-6-7-12(11(9-10)16(18)19)20-8-4-3-5-13(14)15-17/h6-7,9,17H,2-5,8H2,1H3,(H2,14,15). The first-order chi connectivity index (χ1) is 9.58. The SMILES string of the molecule is CCc1ccc(OCCCCC(N)=NO)c([N+](=O)[O-])c1. The number of ether oxygens (including phenoxy) is 1. The van der Waals surface area contributed by atoms with E-state index in [9.17, 15) is 10.1 Å². The summed E-state index contributed by atoms with van der Waals surface area (Å²) in [4.78, 5) is 10.5. The van der Waals surface area contributed by atoms with Gasteiger partial charge in [0.05, 0.1) is 11.5 Å². The second-order valence-electron chi connectivity index (χ2n) is 4.31. The van der Waals surface area contributed by atoms with Gasteiger partial charge in [-0.05, 0) is 30.9 Å². The molecule has 110 valence electrons. The molecule has 0 radical (unpaired) electrons.